The van der Waals surface area contributed by atoms with Crippen molar-refractivity contribution in [3.05, 3.63) is 59.1 Å². The molecule has 5 nitrogen and oxygen atoms in total. The Morgan fingerprint density at radius 1 is 1.17 bits per heavy atom. The molecule has 2 aromatic rings. The van der Waals surface area contributed by atoms with Crippen LogP contribution in [0.25, 0.3) is 0 Å². The van der Waals surface area contributed by atoms with E-state index in [0.717, 1.165) is 0 Å². The summed E-state index contributed by atoms with van der Waals surface area (Å²) in [6.45, 7) is 3.63. The summed E-state index contributed by atoms with van der Waals surface area (Å²) in [4.78, 5) is 23.9. The average molecular weight is 348 g/mol. The van der Waals surface area contributed by atoms with Crippen LogP contribution in [0.2, 0.25) is 5.02 Å². The molecule has 1 amide bonds. The minimum Gasteiger partial charge on any atom is -0.481 e. The molecule has 2 rings (SSSR count). The molecule has 0 radical (unpaired) electrons. The summed E-state index contributed by atoms with van der Waals surface area (Å²) in [7, 11) is 0. The lowest BCUT2D eigenvalue weighted by Crippen LogP contribution is -2.30. The molecule has 0 fully saturated rings. The first-order valence-electron chi connectivity index (χ1n) is 7.50. The minimum atomic E-state index is -0.684. The van der Waals surface area contributed by atoms with Gasteiger partial charge in [-0.05, 0) is 44.2 Å². The zero-order valence-corrected chi connectivity index (χ0v) is 14.2. The van der Waals surface area contributed by atoms with E-state index in [-0.39, 0.29) is 23.1 Å². The van der Waals surface area contributed by atoms with E-state index in [1.165, 1.54) is 12.1 Å². The molecular weight excluding hydrogens is 330 g/mol. The van der Waals surface area contributed by atoms with Crippen LogP contribution in [0.5, 0.6) is 5.75 Å². The van der Waals surface area contributed by atoms with Crippen molar-refractivity contribution in [2.45, 2.75) is 20.0 Å². The van der Waals surface area contributed by atoms with Gasteiger partial charge in [0.1, 0.15) is 5.75 Å². The highest BCUT2D eigenvalue weighted by Crippen LogP contribution is 2.22. The van der Waals surface area contributed by atoms with Crippen LogP contribution in [0.1, 0.15) is 24.2 Å². The molecule has 0 spiro atoms. The number of hydrogen-bond donors (Lipinski definition) is 1. The van der Waals surface area contributed by atoms with Crippen LogP contribution in [0.3, 0.4) is 0 Å². The number of benzene rings is 2. The van der Waals surface area contributed by atoms with Gasteiger partial charge in [-0.25, -0.2) is 4.79 Å². The second kappa shape index (κ2) is 8.36. The van der Waals surface area contributed by atoms with E-state index in [2.05, 4.69) is 5.32 Å². The van der Waals surface area contributed by atoms with E-state index in [1.54, 1.807) is 32.0 Å². The van der Waals surface area contributed by atoms with Gasteiger partial charge in [0.05, 0.1) is 17.2 Å². The van der Waals surface area contributed by atoms with E-state index < -0.39 is 12.1 Å². The first-order chi connectivity index (χ1) is 11.5. The molecule has 0 saturated carbocycles. The fourth-order valence-electron chi connectivity index (χ4n) is 1.97. The fourth-order valence-corrected chi connectivity index (χ4v) is 2.23. The quantitative estimate of drug-likeness (QED) is 0.804. The van der Waals surface area contributed by atoms with Gasteiger partial charge in [0, 0.05) is 5.69 Å². The van der Waals surface area contributed by atoms with Crippen molar-refractivity contribution in [3.63, 3.8) is 0 Å². The van der Waals surface area contributed by atoms with Crippen LogP contribution in [0, 0.1) is 0 Å². The summed E-state index contributed by atoms with van der Waals surface area (Å²) < 4.78 is 10.5. The Morgan fingerprint density at radius 2 is 1.88 bits per heavy atom. The number of nitrogens with one attached hydrogen (secondary N) is 1. The lowest BCUT2D eigenvalue weighted by molar-refractivity contribution is -0.122. The van der Waals surface area contributed by atoms with Crippen molar-refractivity contribution in [3.8, 4) is 5.75 Å². The molecule has 2 aromatic carbocycles. The van der Waals surface area contributed by atoms with Crippen LogP contribution in [0.15, 0.2) is 48.5 Å². The molecule has 0 aromatic heterocycles. The Hall–Kier alpha value is -2.53. The first-order valence-corrected chi connectivity index (χ1v) is 7.88. The number of ether oxygens (including phenoxy) is 2. The maximum atomic E-state index is 12.2. The van der Waals surface area contributed by atoms with Crippen LogP contribution in [-0.2, 0) is 9.53 Å². The Morgan fingerprint density at radius 3 is 2.50 bits per heavy atom. The summed E-state index contributed by atoms with van der Waals surface area (Å²) in [6.07, 6.45) is -0.684. The van der Waals surface area contributed by atoms with E-state index in [1.807, 2.05) is 18.2 Å². The molecule has 1 N–H and O–H groups in total. The average Bonchev–Trinajstić information content (AvgIpc) is 2.56. The smallest absolute Gasteiger partial charge is 0.339 e. The Labute approximate surface area is 145 Å². The molecule has 24 heavy (non-hydrogen) atoms. The minimum absolute atomic E-state index is 0.211. The molecule has 0 aliphatic carbocycles. The monoisotopic (exact) mass is 347 g/mol. The summed E-state index contributed by atoms with van der Waals surface area (Å²) in [6, 6.07) is 13.7. The third-order valence-corrected chi connectivity index (χ3v) is 3.47. The summed E-state index contributed by atoms with van der Waals surface area (Å²) in [5.41, 5.74) is 0.728. The Balaban J connectivity index is 2.01. The summed E-state index contributed by atoms with van der Waals surface area (Å²) >= 11 is 6.07. The number of halogens is 1. The second-order valence-electron chi connectivity index (χ2n) is 4.98. The Kier molecular flexibility index (Phi) is 6.21. The lowest BCUT2D eigenvalue weighted by atomic mass is 10.2. The number of para-hydroxylation sites is 1. The highest BCUT2D eigenvalue weighted by Gasteiger charge is 2.17. The molecule has 1 atom stereocenters. The number of esters is 1. The van der Waals surface area contributed by atoms with Crippen LogP contribution in [-0.4, -0.2) is 24.6 Å². The topological polar surface area (TPSA) is 64.6 Å². The van der Waals surface area contributed by atoms with Gasteiger partial charge in [-0.2, -0.15) is 0 Å². The highest BCUT2D eigenvalue weighted by molar-refractivity contribution is 6.34. The van der Waals surface area contributed by atoms with Crippen LogP contribution in [0.4, 0.5) is 5.69 Å². The van der Waals surface area contributed by atoms with Crippen molar-refractivity contribution in [2.75, 3.05) is 11.9 Å². The number of carbonyl (C=O) groups is 2. The third-order valence-electron chi connectivity index (χ3n) is 3.16. The first kappa shape index (κ1) is 17.8. The second-order valence-corrected chi connectivity index (χ2v) is 5.38. The van der Waals surface area contributed by atoms with Gasteiger partial charge in [-0.1, -0.05) is 29.8 Å². The zero-order chi connectivity index (χ0) is 17.5. The van der Waals surface area contributed by atoms with Gasteiger partial charge in [-0.15, -0.1) is 0 Å². The number of anilines is 1. The molecule has 0 heterocycles. The van der Waals surface area contributed by atoms with Crippen LogP contribution >= 0.6 is 11.6 Å². The van der Waals surface area contributed by atoms with Gasteiger partial charge in [0.2, 0.25) is 0 Å². The van der Waals surface area contributed by atoms with E-state index in [4.69, 9.17) is 21.1 Å². The Bertz CT molecular complexity index is 718. The molecule has 0 aliphatic heterocycles. The molecule has 6 heteroatoms. The van der Waals surface area contributed by atoms with Gasteiger partial charge in [0.15, 0.2) is 6.10 Å². The lowest BCUT2D eigenvalue weighted by Gasteiger charge is -2.15. The normalized spacial score (nSPS) is 11.5. The predicted octanol–water partition coefficient (Wildman–Crippen LogP) is 3.92. The van der Waals surface area contributed by atoms with Crippen molar-refractivity contribution in [1.29, 1.82) is 0 Å². The molecule has 0 bridgehead atoms. The van der Waals surface area contributed by atoms with Crippen LogP contribution < -0.4 is 10.1 Å². The maximum Gasteiger partial charge on any atom is 0.339 e. The number of hydrogen-bond acceptors (Lipinski definition) is 4. The molecule has 126 valence electrons. The summed E-state index contributed by atoms with van der Waals surface area (Å²) in [5.74, 6) is -0.212. The SMILES string of the molecule is CCOC(=O)c1ccc(NC(=O)[C@H](C)Oc2ccccc2)cc1Cl. The molecule has 0 unspecified atom stereocenters. The molecular formula is C18H18ClNO4. The van der Waals surface area contributed by atoms with Crippen molar-refractivity contribution in [2.24, 2.45) is 0 Å². The van der Waals surface area contributed by atoms with Gasteiger partial charge < -0.3 is 14.8 Å². The highest BCUT2D eigenvalue weighted by atomic mass is 35.5. The predicted molar refractivity (Wildman–Crippen MR) is 92.6 cm³/mol. The number of carbonyl (C=O) groups excluding carboxylic acids is 2. The van der Waals surface area contributed by atoms with E-state index in [0.29, 0.717) is 11.4 Å². The number of amides is 1. The molecule has 0 aliphatic rings. The van der Waals surface area contributed by atoms with Crippen molar-refractivity contribution in [1.82, 2.24) is 0 Å². The molecule has 0 saturated heterocycles. The van der Waals surface area contributed by atoms with E-state index >= 15 is 0 Å². The number of rotatable bonds is 6. The maximum absolute atomic E-state index is 12.2. The van der Waals surface area contributed by atoms with Gasteiger partial charge >= 0.3 is 5.97 Å². The standard InChI is InChI=1S/C18H18ClNO4/c1-3-23-18(22)15-10-9-13(11-16(15)19)20-17(21)12(2)24-14-7-5-4-6-8-14/h4-12H,3H2,1-2H3,(H,20,21)/t12-/m0/s1. The zero-order valence-electron chi connectivity index (χ0n) is 13.4. The third kappa shape index (κ3) is 4.73. The largest absolute Gasteiger partial charge is 0.481 e. The van der Waals surface area contributed by atoms with Gasteiger partial charge in [0.25, 0.3) is 5.91 Å². The summed E-state index contributed by atoms with van der Waals surface area (Å²) in [5, 5.41) is 2.91. The van der Waals surface area contributed by atoms with E-state index in [9.17, 15) is 9.59 Å². The van der Waals surface area contributed by atoms with Gasteiger partial charge in [-0.3, -0.25) is 4.79 Å². The fraction of sp³-hybridized carbons (Fsp3) is 0.222. The van der Waals surface area contributed by atoms with Crippen molar-refractivity contribution >= 4 is 29.2 Å². The van der Waals surface area contributed by atoms with Crippen molar-refractivity contribution < 1.29 is 19.1 Å².